The zero-order chi connectivity index (χ0) is 17.2. The van der Waals surface area contributed by atoms with Gasteiger partial charge in [0.15, 0.2) is 0 Å². The quantitative estimate of drug-likeness (QED) is 0.533. The van der Waals surface area contributed by atoms with E-state index in [0.717, 1.165) is 27.9 Å². The summed E-state index contributed by atoms with van der Waals surface area (Å²) in [5.74, 6) is -0.463. The second-order valence-electron chi connectivity index (χ2n) is 5.75. The smallest absolute Gasteiger partial charge is 0.251 e. The number of aromatic amines is 2. The van der Waals surface area contributed by atoms with Crippen molar-refractivity contribution in [1.82, 2.24) is 20.5 Å². The number of hydrogen-bond acceptors (Lipinski definition) is 2. The molecule has 0 spiro atoms. The molecule has 124 valence electrons. The number of carbonyl (C=O) groups is 1. The molecule has 4 aromatic rings. The second kappa shape index (κ2) is 6.24. The molecular weight excluding hydrogens is 319 g/mol. The van der Waals surface area contributed by atoms with Crippen LogP contribution in [-0.2, 0) is 6.54 Å². The average Bonchev–Trinajstić information content (AvgIpc) is 3.29. The number of aromatic nitrogens is 3. The summed E-state index contributed by atoms with van der Waals surface area (Å²) >= 11 is 0. The van der Waals surface area contributed by atoms with Crippen molar-refractivity contribution < 1.29 is 9.18 Å². The Hall–Kier alpha value is -3.41. The maximum Gasteiger partial charge on any atom is 0.251 e. The van der Waals surface area contributed by atoms with Crippen LogP contribution in [0.4, 0.5) is 4.39 Å². The lowest BCUT2D eigenvalue weighted by molar-refractivity contribution is 0.0951. The van der Waals surface area contributed by atoms with E-state index in [2.05, 4.69) is 20.5 Å². The molecule has 0 unspecified atom stereocenters. The van der Waals surface area contributed by atoms with Crippen molar-refractivity contribution in [3.63, 3.8) is 0 Å². The van der Waals surface area contributed by atoms with E-state index in [1.54, 1.807) is 24.4 Å². The van der Waals surface area contributed by atoms with Gasteiger partial charge in [0.05, 0.1) is 5.69 Å². The minimum atomic E-state index is -0.291. The molecule has 2 aromatic carbocycles. The largest absolute Gasteiger partial charge is 0.353 e. The van der Waals surface area contributed by atoms with E-state index >= 15 is 0 Å². The molecule has 3 N–H and O–H groups in total. The Bertz CT molecular complexity index is 1020. The zero-order valence-electron chi connectivity index (χ0n) is 13.2. The zero-order valence-corrected chi connectivity index (χ0v) is 13.2. The minimum absolute atomic E-state index is 0.172. The molecule has 6 heteroatoms. The van der Waals surface area contributed by atoms with Crippen LogP contribution in [0.25, 0.3) is 22.3 Å². The summed E-state index contributed by atoms with van der Waals surface area (Å²) in [5, 5.41) is 10.7. The van der Waals surface area contributed by atoms with Crippen LogP contribution < -0.4 is 5.32 Å². The number of halogens is 1. The van der Waals surface area contributed by atoms with Gasteiger partial charge in [0, 0.05) is 29.2 Å². The van der Waals surface area contributed by atoms with Gasteiger partial charge in [-0.05, 0) is 48.0 Å². The lowest BCUT2D eigenvalue weighted by Crippen LogP contribution is -2.22. The third-order valence-electron chi connectivity index (χ3n) is 4.03. The van der Waals surface area contributed by atoms with Crippen molar-refractivity contribution in [2.24, 2.45) is 0 Å². The van der Waals surface area contributed by atoms with Crippen LogP contribution in [0.5, 0.6) is 0 Å². The molecule has 2 heterocycles. The first kappa shape index (κ1) is 15.1. The number of nitrogens with one attached hydrogen (secondary N) is 3. The predicted octanol–water partition coefficient (Wildman–Crippen LogP) is 3.63. The first-order valence-electron chi connectivity index (χ1n) is 7.84. The van der Waals surface area contributed by atoms with Gasteiger partial charge in [-0.2, -0.15) is 5.10 Å². The maximum atomic E-state index is 12.9. The lowest BCUT2D eigenvalue weighted by atomic mass is 10.1. The third kappa shape index (κ3) is 3.14. The molecule has 0 aliphatic carbocycles. The Kier molecular flexibility index (Phi) is 3.78. The fraction of sp³-hybridized carbons (Fsp3) is 0.0526. The number of H-pyrrole nitrogens is 2. The van der Waals surface area contributed by atoms with Gasteiger partial charge in [0.1, 0.15) is 11.5 Å². The highest BCUT2D eigenvalue weighted by Gasteiger charge is 2.09. The van der Waals surface area contributed by atoms with Gasteiger partial charge in [-0.15, -0.1) is 0 Å². The number of benzene rings is 2. The van der Waals surface area contributed by atoms with Crippen LogP contribution in [-0.4, -0.2) is 21.1 Å². The SMILES string of the molecule is O=C(NCc1ccc(F)cc1)c1ccc2[nH]c(-c3cc[nH]n3)cc2c1. The van der Waals surface area contributed by atoms with Crippen molar-refractivity contribution >= 4 is 16.8 Å². The highest BCUT2D eigenvalue weighted by molar-refractivity contribution is 5.98. The van der Waals surface area contributed by atoms with E-state index < -0.39 is 0 Å². The molecule has 2 aromatic heterocycles. The Morgan fingerprint density at radius 2 is 1.92 bits per heavy atom. The van der Waals surface area contributed by atoms with Gasteiger partial charge < -0.3 is 10.3 Å². The Balaban J connectivity index is 1.52. The van der Waals surface area contributed by atoms with Gasteiger partial charge in [0.2, 0.25) is 0 Å². The highest BCUT2D eigenvalue weighted by atomic mass is 19.1. The summed E-state index contributed by atoms with van der Waals surface area (Å²) in [6, 6.07) is 15.4. The Morgan fingerprint density at radius 1 is 1.08 bits per heavy atom. The van der Waals surface area contributed by atoms with Gasteiger partial charge in [-0.3, -0.25) is 9.89 Å². The molecule has 0 fully saturated rings. The number of hydrogen-bond donors (Lipinski definition) is 3. The molecule has 0 atom stereocenters. The van der Waals surface area contributed by atoms with Crippen LogP contribution in [0.3, 0.4) is 0 Å². The first-order valence-corrected chi connectivity index (χ1v) is 7.84. The number of nitrogens with zero attached hydrogens (tertiary/aromatic N) is 1. The van der Waals surface area contributed by atoms with Crippen molar-refractivity contribution in [1.29, 1.82) is 0 Å². The van der Waals surface area contributed by atoms with Crippen molar-refractivity contribution in [2.75, 3.05) is 0 Å². The summed E-state index contributed by atoms with van der Waals surface area (Å²) in [4.78, 5) is 15.6. The average molecular weight is 334 g/mol. The molecule has 0 bridgehead atoms. The molecule has 0 aliphatic heterocycles. The summed E-state index contributed by atoms with van der Waals surface area (Å²) in [6.07, 6.45) is 1.76. The topological polar surface area (TPSA) is 73.6 Å². The summed E-state index contributed by atoms with van der Waals surface area (Å²) in [5.41, 5.74) is 4.06. The van der Waals surface area contributed by atoms with Crippen LogP contribution in [0.15, 0.2) is 60.8 Å². The molecular formula is C19H15FN4O. The van der Waals surface area contributed by atoms with E-state index in [1.165, 1.54) is 12.1 Å². The van der Waals surface area contributed by atoms with E-state index in [9.17, 15) is 9.18 Å². The molecule has 5 nitrogen and oxygen atoms in total. The highest BCUT2D eigenvalue weighted by Crippen LogP contribution is 2.23. The lowest BCUT2D eigenvalue weighted by Gasteiger charge is -2.05. The normalized spacial score (nSPS) is 10.9. The molecule has 0 saturated heterocycles. The van der Waals surface area contributed by atoms with Crippen molar-refractivity contribution in [3.05, 3.63) is 77.7 Å². The fourth-order valence-corrected chi connectivity index (χ4v) is 2.71. The van der Waals surface area contributed by atoms with Crippen LogP contribution in [0, 0.1) is 5.82 Å². The number of amides is 1. The standard InChI is InChI=1S/C19H15FN4O/c20-15-4-1-12(2-5-15)11-21-19(25)13-3-6-16-14(9-13)10-18(23-16)17-7-8-22-24-17/h1-10,23H,11H2,(H,21,25)(H,22,24). The fourth-order valence-electron chi connectivity index (χ4n) is 2.71. The molecule has 1 amide bonds. The maximum absolute atomic E-state index is 12.9. The van der Waals surface area contributed by atoms with Crippen LogP contribution in [0.1, 0.15) is 15.9 Å². The third-order valence-corrected chi connectivity index (χ3v) is 4.03. The second-order valence-corrected chi connectivity index (χ2v) is 5.75. The van der Waals surface area contributed by atoms with E-state index in [1.807, 2.05) is 24.3 Å². The summed E-state index contributed by atoms with van der Waals surface area (Å²) in [7, 11) is 0. The van der Waals surface area contributed by atoms with Gasteiger partial charge in [-0.1, -0.05) is 12.1 Å². The summed E-state index contributed by atoms with van der Waals surface area (Å²) in [6.45, 7) is 0.350. The van der Waals surface area contributed by atoms with E-state index in [-0.39, 0.29) is 11.7 Å². The van der Waals surface area contributed by atoms with E-state index in [4.69, 9.17) is 0 Å². The summed E-state index contributed by atoms with van der Waals surface area (Å²) < 4.78 is 12.9. The van der Waals surface area contributed by atoms with Crippen molar-refractivity contribution in [2.45, 2.75) is 6.54 Å². The minimum Gasteiger partial charge on any atom is -0.353 e. The van der Waals surface area contributed by atoms with Crippen LogP contribution >= 0.6 is 0 Å². The van der Waals surface area contributed by atoms with E-state index in [0.29, 0.717) is 12.1 Å². The van der Waals surface area contributed by atoms with Gasteiger partial charge in [-0.25, -0.2) is 4.39 Å². The van der Waals surface area contributed by atoms with Gasteiger partial charge >= 0.3 is 0 Å². The number of fused-ring (bicyclic) bond motifs is 1. The molecule has 25 heavy (non-hydrogen) atoms. The molecule has 0 saturated carbocycles. The molecule has 0 aliphatic rings. The van der Waals surface area contributed by atoms with Gasteiger partial charge in [0.25, 0.3) is 5.91 Å². The predicted molar refractivity (Wildman–Crippen MR) is 93.5 cm³/mol. The van der Waals surface area contributed by atoms with Crippen molar-refractivity contribution in [3.8, 4) is 11.4 Å². The number of rotatable bonds is 4. The monoisotopic (exact) mass is 334 g/mol. The molecule has 0 radical (unpaired) electrons. The number of carbonyl (C=O) groups excluding carboxylic acids is 1. The Labute approximate surface area is 142 Å². The Morgan fingerprint density at radius 3 is 2.68 bits per heavy atom. The van der Waals surface area contributed by atoms with Crippen LogP contribution in [0.2, 0.25) is 0 Å². The first-order chi connectivity index (χ1) is 12.2. The molecule has 4 rings (SSSR count).